The van der Waals surface area contributed by atoms with E-state index >= 15 is 0 Å². The highest BCUT2D eigenvalue weighted by molar-refractivity contribution is 6.31. The van der Waals surface area contributed by atoms with Crippen molar-refractivity contribution in [1.29, 1.82) is 0 Å². The minimum atomic E-state index is -0.425. The lowest BCUT2D eigenvalue weighted by molar-refractivity contribution is -0.147. The van der Waals surface area contributed by atoms with Crippen LogP contribution in [-0.4, -0.2) is 38.4 Å². The summed E-state index contributed by atoms with van der Waals surface area (Å²) >= 11 is 6.30. The summed E-state index contributed by atoms with van der Waals surface area (Å²) in [5, 5.41) is 3.42. The number of ether oxygens (including phenoxy) is 4. The van der Waals surface area contributed by atoms with Crippen LogP contribution >= 0.6 is 11.6 Å². The van der Waals surface area contributed by atoms with Gasteiger partial charge in [-0.3, -0.25) is 0 Å². The Morgan fingerprint density at radius 3 is 1.69 bits per heavy atom. The summed E-state index contributed by atoms with van der Waals surface area (Å²) in [4.78, 5) is 24.5. The maximum absolute atomic E-state index is 12.2. The van der Waals surface area contributed by atoms with E-state index in [0.29, 0.717) is 35.1 Å². The minimum Gasteiger partial charge on any atom is -0.481 e. The Bertz CT molecular complexity index is 1140. The third-order valence-corrected chi connectivity index (χ3v) is 5.81. The van der Waals surface area contributed by atoms with Crippen LogP contribution in [0.2, 0.25) is 5.02 Å². The highest BCUT2D eigenvalue weighted by atomic mass is 35.5. The van der Waals surface area contributed by atoms with Crippen molar-refractivity contribution in [3.8, 4) is 11.5 Å². The Balaban J connectivity index is 1.85. The molecule has 3 aromatic rings. The third kappa shape index (κ3) is 7.49. The minimum absolute atomic E-state index is 0.210. The van der Waals surface area contributed by atoms with Crippen molar-refractivity contribution < 1.29 is 28.5 Å². The summed E-state index contributed by atoms with van der Waals surface area (Å²) in [5.41, 5.74) is 0. The molecule has 0 radical (unpaired) electrons. The van der Waals surface area contributed by atoms with Gasteiger partial charge in [0.15, 0.2) is 13.2 Å². The predicted molar refractivity (Wildman–Crippen MR) is 138 cm³/mol. The van der Waals surface area contributed by atoms with Crippen LogP contribution in [0.15, 0.2) is 42.5 Å². The zero-order valence-electron chi connectivity index (χ0n) is 20.4. The third-order valence-electron chi connectivity index (χ3n) is 5.58. The molecule has 0 aliphatic heterocycles. The summed E-state index contributed by atoms with van der Waals surface area (Å²) in [6, 6.07) is 12.9. The SMILES string of the molecule is CCCCCOC(=O)COc1c2ccccc2c(OCC(=O)OCCCCC)c2cc(Cl)ccc12. The molecular formula is C28H33ClO6. The van der Waals surface area contributed by atoms with Crippen LogP contribution in [0.25, 0.3) is 21.5 Å². The van der Waals surface area contributed by atoms with Gasteiger partial charge in [-0.15, -0.1) is 0 Å². The molecule has 0 aliphatic rings. The Morgan fingerprint density at radius 1 is 0.686 bits per heavy atom. The van der Waals surface area contributed by atoms with Crippen molar-refractivity contribution in [1.82, 2.24) is 0 Å². The van der Waals surface area contributed by atoms with Crippen LogP contribution in [0.3, 0.4) is 0 Å². The molecule has 0 spiro atoms. The molecule has 0 aliphatic carbocycles. The summed E-state index contributed by atoms with van der Waals surface area (Å²) in [5.74, 6) is 0.204. The quantitative estimate of drug-likeness (QED) is 0.137. The maximum Gasteiger partial charge on any atom is 0.344 e. The number of carbonyl (C=O) groups excluding carboxylic acids is 2. The highest BCUT2D eigenvalue weighted by Crippen LogP contribution is 2.43. The number of hydrogen-bond acceptors (Lipinski definition) is 6. The zero-order chi connectivity index (χ0) is 25.0. The standard InChI is InChI=1S/C28H33ClO6/c1-3-5-9-15-32-25(30)18-34-27-21-11-7-8-12-22(21)28(24-17-20(29)13-14-23(24)27)35-19-26(31)33-16-10-6-4-2/h7-8,11-14,17H,3-6,9-10,15-16,18-19H2,1-2H3. The fraction of sp³-hybridized carbons (Fsp3) is 0.429. The molecule has 0 aromatic heterocycles. The smallest absolute Gasteiger partial charge is 0.344 e. The van der Waals surface area contributed by atoms with Crippen LogP contribution in [0.1, 0.15) is 52.4 Å². The molecule has 0 bridgehead atoms. The Morgan fingerprint density at radius 2 is 1.17 bits per heavy atom. The Hall–Kier alpha value is -2.99. The first-order valence-electron chi connectivity index (χ1n) is 12.3. The number of rotatable bonds is 14. The number of benzene rings is 3. The molecule has 188 valence electrons. The van der Waals surface area contributed by atoms with E-state index in [4.69, 9.17) is 30.5 Å². The molecule has 35 heavy (non-hydrogen) atoms. The summed E-state index contributed by atoms with van der Waals surface area (Å²) in [6.07, 6.45) is 5.79. The summed E-state index contributed by atoms with van der Waals surface area (Å²) < 4.78 is 22.5. The van der Waals surface area contributed by atoms with Crippen LogP contribution in [0.4, 0.5) is 0 Å². The van der Waals surface area contributed by atoms with E-state index in [0.717, 1.165) is 54.7 Å². The average Bonchev–Trinajstić information content (AvgIpc) is 2.86. The highest BCUT2D eigenvalue weighted by Gasteiger charge is 2.19. The monoisotopic (exact) mass is 500 g/mol. The molecule has 0 heterocycles. The molecule has 3 aromatic carbocycles. The van der Waals surface area contributed by atoms with E-state index < -0.39 is 11.9 Å². The number of carbonyl (C=O) groups is 2. The van der Waals surface area contributed by atoms with E-state index in [1.807, 2.05) is 30.3 Å². The first kappa shape index (κ1) is 26.6. The first-order chi connectivity index (χ1) is 17.0. The van der Waals surface area contributed by atoms with E-state index in [1.54, 1.807) is 12.1 Å². The zero-order valence-corrected chi connectivity index (χ0v) is 21.2. The van der Waals surface area contributed by atoms with Gasteiger partial charge in [-0.1, -0.05) is 75.4 Å². The van der Waals surface area contributed by atoms with Crippen molar-refractivity contribution in [3.05, 3.63) is 47.5 Å². The van der Waals surface area contributed by atoms with E-state index in [2.05, 4.69) is 13.8 Å². The van der Waals surface area contributed by atoms with Gasteiger partial charge in [0.2, 0.25) is 0 Å². The van der Waals surface area contributed by atoms with Gasteiger partial charge in [0.25, 0.3) is 0 Å². The molecular weight excluding hydrogens is 468 g/mol. The average molecular weight is 501 g/mol. The van der Waals surface area contributed by atoms with Crippen molar-refractivity contribution in [2.45, 2.75) is 52.4 Å². The number of hydrogen-bond donors (Lipinski definition) is 0. The number of esters is 2. The molecule has 0 saturated carbocycles. The molecule has 0 atom stereocenters. The number of unbranched alkanes of at least 4 members (excludes halogenated alkanes) is 4. The first-order valence-corrected chi connectivity index (χ1v) is 12.6. The summed E-state index contributed by atoms with van der Waals surface area (Å²) in [6.45, 7) is 4.52. The lowest BCUT2D eigenvalue weighted by Crippen LogP contribution is -2.17. The van der Waals surface area contributed by atoms with Gasteiger partial charge >= 0.3 is 11.9 Å². The van der Waals surface area contributed by atoms with Crippen LogP contribution < -0.4 is 9.47 Å². The number of halogens is 1. The van der Waals surface area contributed by atoms with Gasteiger partial charge < -0.3 is 18.9 Å². The fourth-order valence-corrected chi connectivity index (χ4v) is 3.98. The molecule has 0 saturated heterocycles. The normalized spacial score (nSPS) is 10.9. The van der Waals surface area contributed by atoms with E-state index in [1.165, 1.54) is 0 Å². The molecule has 0 unspecified atom stereocenters. The van der Waals surface area contributed by atoms with Crippen LogP contribution in [-0.2, 0) is 19.1 Å². The van der Waals surface area contributed by atoms with E-state index in [9.17, 15) is 9.59 Å². The molecule has 0 N–H and O–H groups in total. The Kier molecular flexibility index (Phi) is 10.5. The van der Waals surface area contributed by atoms with Crippen molar-refractivity contribution in [2.24, 2.45) is 0 Å². The lowest BCUT2D eigenvalue weighted by Gasteiger charge is -2.17. The Labute approximate surface area is 211 Å². The van der Waals surface area contributed by atoms with Gasteiger partial charge in [0.1, 0.15) is 11.5 Å². The fourth-order valence-electron chi connectivity index (χ4n) is 3.80. The van der Waals surface area contributed by atoms with Crippen LogP contribution in [0.5, 0.6) is 11.5 Å². The van der Waals surface area contributed by atoms with Crippen LogP contribution in [0, 0.1) is 0 Å². The molecule has 7 heteroatoms. The van der Waals surface area contributed by atoms with Gasteiger partial charge in [0.05, 0.1) is 13.2 Å². The van der Waals surface area contributed by atoms with E-state index in [-0.39, 0.29) is 13.2 Å². The topological polar surface area (TPSA) is 71.1 Å². The molecule has 3 rings (SSSR count). The van der Waals surface area contributed by atoms with Crippen molar-refractivity contribution >= 4 is 45.1 Å². The molecule has 0 amide bonds. The second kappa shape index (κ2) is 13.8. The largest absolute Gasteiger partial charge is 0.481 e. The second-order valence-electron chi connectivity index (χ2n) is 8.33. The lowest BCUT2D eigenvalue weighted by atomic mass is 10.0. The van der Waals surface area contributed by atoms with Gasteiger partial charge in [0, 0.05) is 26.6 Å². The van der Waals surface area contributed by atoms with Crippen molar-refractivity contribution in [2.75, 3.05) is 26.4 Å². The van der Waals surface area contributed by atoms with Gasteiger partial charge in [-0.2, -0.15) is 0 Å². The predicted octanol–water partition coefficient (Wildman–Crippen LogP) is 6.87. The summed E-state index contributed by atoms with van der Waals surface area (Å²) in [7, 11) is 0. The maximum atomic E-state index is 12.2. The van der Waals surface area contributed by atoms with Gasteiger partial charge in [-0.05, 0) is 31.0 Å². The molecule has 0 fully saturated rings. The van der Waals surface area contributed by atoms with Crippen molar-refractivity contribution in [3.63, 3.8) is 0 Å². The number of fused-ring (bicyclic) bond motifs is 2. The van der Waals surface area contributed by atoms with Gasteiger partial charge in [-0.25, -0.2) is 9.59 Å². The second-order valence-corrected chi connectivity index (χ2v) is 8.76. The molecule has 6 nitrogen and oxygen atoms in total.